The lowest BCUT2D eigenvalue weighted by atomic mass is 9.91. The normalized spacial score (nSPS) is 12.5. The molecule has 0 amide bonds. The average molecular weight is 354 g/mol. The highest BCUT2D eigenvalue weighted by molar-refractivity contribution is 9.10. The minimum Gasteiger partial charge on any atom is -0.313 e. The summed E-state index contributed by atoms with van der Waals surface area (Å²) in [5.74, 6) is -1.04. The number of aryl methyl sites for hydroxylation is 2. The van der Waals surface area contributed by atoms with Crippen LogP contribution in [0.3, 0.4) is 0 Å². The van der Waals surface area contributed by atoms with E-state index in [9.17, 15) is 8.78 Å². The zero-order valence-corrected chi connectivity index (χ0v) is 13.9. The molecule has 0 saturated carbocycles. The van der Waals surface area contributed by atoms with Gasteiger partial charge in [-0.2, -0.15) is 0 Å². The zero-order chi connectivity index (χ0) is 15.6. The highest BCUT2D eigenvalue weighted by atomic mass is 79.9. The summed E-state index contributed by atoms with van der Waals surface area (Å²) in [6, 6.07) is 8.56. The van der Waals surface area contributed by atoms with Crippen LogP contribution < -0.4 is 5.32 Å². The number of likely N-dealkylation sites (N-methyl/N-ethyl adjacent to an activating group) is 1. The van der Waals surface area contributed by atoms with Crippen LogP contribution in [-0.4, -0.2) is 7.05 Å². The molecule has 112 valence electrons. The molecule has 1 atom stereocenters. The number of hydrogen-bond donors (Lipinski definition) is 1. The predicted octanol–water partition coefficient (Wildman–Crippen LogP) is 4.85. The number of halogens is 3. The van der Waals surface area contributed by atoms with Gasteiger partial charge in [-0.15, -0.1) is 0 Å². The van der Waals surface area contributed by atoms with Gasteiger partial charge in [0.15, 0.2) is 0 Å². The van der Waals surface area contributed by atoms with Crippen molar-refractivity contribution < 1.29 is 8.78 Å². The van der Waals surface area contributed by atoms with Gasteiger partial charge in [0.1, 0.15) is 11.6 Å². The fourth-order valence-electron chi connectivity index (χ4n) is 2.69. The van der Waals surface area contributed by atoms with Crippen molar-refractivity contribution >= 4 is 15.9 Å². The summed E-state index contributed by atoms with van der Waals surface area (Å²) in [4.78, 5) is 0. The number of benzene rings is 2. The minimum atomic E-state index is -0.526. The largest absolute Gasteiger partial charge is 0.313 e. The first-order valence-corrected chi connectivity index (χ1v) is 7.60. The Morgan fingerprint density at radius 2 is 1.71 bits per heavy atom. The molecule has 2 rings (SSSR count). The highest BCUT2D eigenvalue weighted by Gasteiger charge is 2.20. The second-order valence-electron chi connectivity index (χ2n) is 5.17. The standard InChI is InChI=1S/C17H18BrF2N/c1-10-5-4-6-11(2)16(10)15(21-3)9-12-14(19)8-7-13(18)17(12)20/h4-8,15,21H,9H2,1-3H3. The van der Waals surface area contributed by atoms with Gasteiger partial charge in [-0.05, 0) is 72.1 Å². The lowest BCUT2D eigenvalue weighted by Crippen LogP contribution is -2.22. The van der Waals surface area contributed by atoms with Gasteiger partial charge in [0.2, 0.25) is 0 Å². The van der Waals surface area contributed by atoms with Crippen LogP contribution in [0.1, 0.15) is 28.3 Å². The summed E-state index contributed by atoms with van der Waals surface area (Å²) in [6.45, 7) is 4.03. The third-order valence-electron chi connectivity index (χ3n) is 3.79. The molecule has 1 unspecified atom stereocenters. The van der Waals surface area contributed by atoms with Gasteiger partial charge in [0.25, 0.3) is 0 Å². The molecule has 2 aromatic rings. The van der Waals surface area contributed by atoms with Crippen molar-refractivity contribution in [1.82, 2.24) is 5.32 Å². The topological polar surface area (TPSA) is 12.0 Å². The molecular formula is C17H18BrF2N. The Bertz CT molecular complexity index is 635. The van der Waals surface area contributed by atoms with E-state index < -0.39 is 11.6 Å². The molecule has 0 bridgehead atoms. The van der Waals surface area contributed by atoms with E-state index in [2.05, 4.69) is 21.2 Å². The lowest BCUT2D eigenvalue weighted by Gasteiger charge is -2.22. The second-order valence-corrected chi connectivity index (χ2v) is 6.03. The molecule has 0 saturated heterocycles. The van der Waals surface area contributed by atoms with Crippen molar-refractivity contribution in [2.45, 2.75) is 26.3 Å². The predicted molar refractivity (Wildman–Crippen MR) is 85.5 cm³/mol. The van der Waals surface area contributed by atoms with Crippen molar-refractivity contribution in [2.24, 2.45) is 0 Å². The van der Waals surface area contributed by atoms with E-state index in [4.69, 9.17) is 0 Å². The van der Waals surface area contributed by atoms with E-state index in [1.165, 1.54) is 12.1 Å². The number of rotatable bonds is 4. The SMILES string of the molecule is CNC(Cc1c(F)ccc(Br)c1F)c1c(C)cccc1C. The zero-order valence-electron chi connectivity index (χ0n) is 12.3. The Morgan fingerprint density at radius 3 is 2.29 bits per heavy atom. The van der Waals surface area contributed by atoms with Crippen molar-refractivity contribution in [3.8, 4) is 0 Å². The molecule has 0 aliphatic heterocycles. The molecule has 2 aromatic carbocycles. The summed E-state index contributed by atoms with van der Waals surface area (Å²) < 4.78 is 28.4. The third kappa shape index (κ3) is 3.33. The summed E-state index contributed by atoms with van der Waals surface area (Å²) in [7, 11) is 1.81. The molecule has 4 heteroatoms. The van der Waals surface area contributed by atoms with Crippen molar-refractivity contribution in [3.63, 3.8) is 0 Å². The molecule has 0 aliphatic rings. The van der Waals surface area contributed by atoms with Crippen LogP contribution in [-0.2, 0) is 6.42 Å². The Balaban J connectivity index is 2.43. The monoisotopic (exact) mass is 353 g/mol. The summed E-state index contributed by atoms with van der Waals surface area (Å²) >= 11 is 3.12. The van der Waals surface area contributed by atoms with Gasteiger partial charge >= 0.3 is 0 Å². The van der Waals surface area contributed by atoms with Crippen molar-refractivity contribution in [2.75, 3.05) is 7.05 Å². The molecule has 0 radical (unpaired) electrons. The van der Waals surface area contributed by atoms with Gasteiger partial charge in [0, 0.05) is 11.6 Å². The first-order chi connectivity index (χ1) is 9.95. The van der Waals surface area contributed by atoms with Gasteiger partial charge in [0.05, 0.1) is 4.47 Å². The lowest BCUT2D eigenvalue weighted by molar-refractivity contribution is 0.510. The molecule has 1 nitrogen and oxygen atoms in total. The summed E-state index contributed by atoms with van der Waals surface area (Å²) in [6.07, 6.45) is 0.263. The van der Waals surface area contributed by atoms with Crippen LogP contribution in [0, 0.1) is 25.5 Å². The van der Waals surface area contributed by atoms with Crippen molar-refractivity contribution in [1.29, 1.82) is 0 Å². The van der Waals surface area contributed by atoms with E-state index in [0.29, 0.717) is 0 Å². The Kier molecular flexibility index (Phi) is 5.12. The maximum Gasteiger partial charge on any atom is 0.143 e. The summed E-state index contributed by atoms with van der Waals surface area (Å²) in [5, 5.41) is 3.17. The van der Waals surface area contributed by atoms with Crippen LogP contribution in [0.15, 0.2) is 34.8 Å². The highest BCUT2D eigenvalue weighted by Crippen LogP contribution is 2.29. The molecule has 0 aromatic heterocycles. The van der Waals surface area contributed by atoms with Crippen molar-refractivity contribution in [3.05, 3.63) is 68.7 Å². The molecule has 0 aliphatic carbocycles. The van der Waals surface area contributed by atoms with Crippen LogP contribution >= 0.6 is 15.9 Å². The number of nitrogens with one attached hydrogen (secondary N) is 1. The molecule has 0 heterocycles. The van der Waals surface area contributed by atoms with Gasteiger partial charge < -0.3 is 5.32 Å². The Hall–Kier alpha value is -1.26. The molecule has 1 N–H and O–H groups in total. The maximum absolute atomic E-state index is 14.2. The second kappa shape index (κ2) is 6.67. The molecule has 21 heavy (non-hydrogen) atoms. The van der Waals surface area contributed by atoms with E-state index in [0.717, 1.165) is 16.7 Å². The Labute approximate surface area is 132 Å². The fourth-order valence-corrected chi connectivity index (χ4v) is 3.06. The maximum atomic E-state index is 14.2. The molecule has 0 fully saturated rings. The molecule has 0 spiro atoms. The first kappa shape index (κ1) is 16.1. The summed E-state index contributed by atoms with van der Waals surface area (Å²) in [5.41, 5.74) is 3.43. The van der Waals surface area contributed by atoms with Gasteiger partial charge in [-0.3, -0.25) is 0 Å². The van der Waals surface area contributed by atoms with Crippen LogP contribution in [0.4, 0.5) is 8.78 Å². The smallest absolute Gasteiger partial charge is 0.143 e. The first-order valence-electron chi connectivity index (χ1n) is 6.81. The van der Waals surface area contributed by atoms with Crippen LogP contribution in [0.5, 0.6) is 0 Å². The quantitative estimate of drug-likeness (QED) is 0.775. The van der Waals surface area contributed by atoms with E-state index in [1.807, 2.05) is 39.1 Å². The van der Waals surface area contributed by atoms with E-state index in [1.54, 1.807) is 0 Å². The van der Waals surface area contributed by atoms with Gasteiger partial charge in [-0.1, -0.05) is 18.2 Å². The van der Waals surface area contributed by atoms with E-state index >= 15 is 0 Å². The average Bonchev–Trinajstić information content (AvgIpc) is 2.45. The Morgan fingerprint density at radius 1 is 1.10 bits per heavy atom. The molecular weight excluding hydrogens is 336 g/mol. The van der Waals surface area contributed by atoms with Gasteiger partial charge in [-0.25, -0.2) is 8.78 Å². The fraction of sp³-hybridized carbons (Fsp3) is 0.294. The number of hydrogen-bond acceptors (Lipinski definition) is 1. The minimum absolute atomic E-state index is 0.103. The van der Waals surface area contributed by atoms with E-state index in [-0.39, 0.29) is 22.5 Å². The van der Waals surface area contributed by atoms with Crippen LogP contribution in [0.2, 0.25) is 0 Å². The van der Waals surface area contributed by atoms with Crippen LogP contribution in [0.25, 0.3) is 0 Å². The third-order valence-corrected chi connectivity index (χ3v) is 4.40.